The molecule has 7 heteroatoms. The Kier molecular flexibility index (Phi) is 4.80. The number of nitrogens with zero attached hydrogens (tertiary/aromatic N) is 3. The predicted octanol–water partition coefficient (Wildman–Crippen LogP) is 2.95. The van der Waals surface area contributed by atoms with Crippen molar-refractivity contribution in [3.63, 3.8) is 0 Å². The molecule has 0 fully saturated rings. The molecule has 1 atom stereocenters. The Hall–Kier alpha value is -3.61. The van der Waals surface area contributed by atoms with E-state index in [4.69, 9.17) is 0 Å². The first kappa shape index (κ1) is 18.7. The van der Waals surface area contributed by atoms with E-state index in [1.165, 1.54) is 4.57 Å². The van der Waals surface area contributed by atoms with Crippen molar-refractivity contribution < 1.29 is 0 Å². The van der Waals surface area contributed by atoms with Gasteiger partial charge < -0.3 is 5.32 Å². The highest BCUT2D eigenvalue weighted by Crippen LogP contribution is 2.23. The van der Waals surface area contributed by atoms with E-state index in [-0.39, 0.29) is 6.04 Å². The number of aromatic nitrogens is 4. The number of fused-ring (bicyclic) bond motifs is 1. The van der Waals surface area contributed by atoms with Crippen LogP contribution in [0.3, 0.4) is 0 Å². The van der Waals surface area contributed by atoms with E-state index in [2.05, 4.69) is 21.4 Å². The third-order valence-corrected chi connectivity index (χ3v) is 5.08. The van der Waals surface area contributed by atoms with Gasteiger partial charge in [0.05, 0.1) is 12.6 Å². The van der Waals surface area contributed by atoms with Crippen LogP contribution in [0.15, 0.2) is 64.2 Å². The maximum atomic E-state index is 12.6. The molecule has 2 aromatic heterocycles. The molecule has 0 spiro atoms. The van der Waals surface area contributed by atoms with Gasteiger partial charge in [0.25, 0.3) is 5.56 Å². The van der Waals surface area contributed by atoms with Gasteiger partial charge in [0.1, 0.15) is 0 Å². The minimum absolute atomic E-state index is 0.0274. The van der Waals surface area contributed by atoms with E-state index in [1.807, 2.05) is 66.9 Å². The van der Waals surface area contributed by atoms with E-state index in [9.17, 15) is 9.59 Å². The lowest BCUT2D eigenvalue weighted by Gasteiger charge is -2.16. The number of hydrogen-bond donors (Lipinski definition) is 2. The number of hydrogen-bond acceptors (Lipinski definition) is 4. The summed E-state index contributed by atoms with van der Waals surface area (Å²) in [6.45, 7) is 4.53. The lowest BCUT2D eigenvalue weighted by molar-refractivity contribution is 0.781. The topological polar surface area (TPSA) is 84.7 Å². The summed E-state index contributed by atoms with van der Waals surface area (Å²) >= 11 is 0. The fraction of sp³-hybridized carbons (Fsp3) is 0.227. The van der Waals surface area contributed by atoms with Crippen LogP contribution in [-0.4, -0.2) is 19.1 Å². The standard InChI is InChI=1S/C22H23N5O2/c1-14-8-7-9-16(12-14)13-27-18-19(26(3)22(29)25-20(18)28)24-21(27)23-15(2)17-10-5-4-6-11-17/h4-12,15H,13H2,1-3H3,(H,23,24)(H,25,28,29)/t15-/m0/s1. The molecule has 4 rings (SSSR count). The minimum atomic E-state index is -0.481. The number of rotatable bonds is 5. The third-order valence-electron chi connectivity index (χ3n) is 5.08. The van der Waals surface area contributed by atoms with Gasteiger partial charge in [-0.2, -0.15) is 4.98 Å². The Morgan fingerprint density at radius 2 is 1.86 bits per heavy atom. The molecule has 0 saturated heterocycles. The lowest BCUT2D eigenvalue weighted by atomic mass is 10.1. The highest BCUT2D eigenvalue weighted by atomic mass is 16.2. The van der Waals surface area contributed by atoms with Crippen LogP contribution >= 0.6 is 0 Å². The van der Waals surface area contributed by atoms with Crippen molar-refractivity contribution in [2.45, 2.75) is 26.4 Å². The summed E-state index contributed by atoms with van der Waals surface area (Å²) in [5, 5.41) is 3.41. The number of nitrogens with one attached hydrogen (secondary N) is 2. The molecule has 0 unspecified atom stereocenters. The molecule has 2 aromatic carbocycles. The monoisotopic (exact) mass is 389 g/mol. The van der Waals surface area contributed by atoms with Crippen LogP contribution in [0.2, 0.25) is 0 Å². The normalized spacial score (nSPS) is 12.2. The second-order valence-electron chi connectivity index (χ2n) is 7.28. The van der Waals surface area contributed by atoms with Gasteiger partial charge in [-0.15, -0.1) is 0 Å². The zero-order chi connectivity index (χ0) is 20.5. The Labute approximate surface area is 167 Å². The maximum absolute atomic E-state index is 12.6. The van der Waals surface area contributed by atoms with Crippen LogP contribution in [0.25, 0.3) is 11.2 Å². The molecular weight excluding hydrogens is 366 g/mol. The Balaban J connectivity index is 1.86. The Morgan fingerprint density at radius 1 is 1.10 bits per heavy atom. The number of H-pyrrole nitrogens is 1. The molecule has 0 aliphatic heterocycles. The molecule has 0 radical (unpaired) electrons. The molecule has 148 valence electrons. The van der Waals surface area contributed by atoms with Crippen molar-refractivity contribution in [2.24, 2.45) is 7.05 Å². The van der Waals surface area contributed by atoms with E-state index < -0.39 is 11.2 Å². The fourth-order valence-corrected chi connectivity index (χ4v) is 3.51. The second-order valence-corrected chi connectivity index (χ2v) is 7.28. The van der Waals surface area contributed by atoms with Crippen LogP contribution < -0.4 is 16.6 Å². The molecule has 0 aliphatic carbocycles. The van der Waals surface area contributed by atoms with Gasteiger partial charge >= 0.3 is 5.69 Å². The highest BCUT2D eigenvalue weighted by Gasteiger charge is 2.19. The van der Waals surface area contributed by atoms with Gasteiger partial charge in [0.15, 0.2) is 11.2 Å². The minimum Gasteiger partial charge on any atom is -0.349 e. The number of aromatic amines is 1. The van der Waals surface area contributed by atoms with Crippen LogP contribution in [0.1, 0.15) is 29.7 Å². The van der Waals surface area contributed by atoms with E-state index in [0.29, 0.717) is 23.7 Å². The summed E-state index contributed by atoms with van der Waals surface area (Å²) in [5.41, 5.74) is 3.09. The highest BCUT2D eigenvalue weighted by molar-refractivity contribution is 5.74. The number of imidazole rings is 1. The van der Waals surface area contributed by atoms with Crippen molar-refractivity contribution in [1.82, 2.24) is 19.1 Å². The fourth-order valence-electron chi connectivity index (χ4n) is 3.51. The number of aryl methyl sites for hydroxylation is 2. The largest absolute Gasteiger partial charge is 0.349 e. The molecule has 0 amide bonds. The van der Waals surface area contributed by atoms with Crippen LogP contribution in [-0.2, 0) is 13.6 Å². The van der Waals surface area contributed by atoms with Crippen molar-refractivity contribution in [3.8, 4) is 0 Å². The summed E-state index contributed by atoms with van der Waals surface area (Å²) in [7, 11) is 1.61. The molecule has 7 nitrogen and oxygen atoms in total. The van der Waals surface area contributed by atoms with Gasteiger partial charge in [0.2, 0.25) is 5.95 Å². The molecule has 0 aliphatic rings. The van der Waals surface area contributed by atoms with Crippen LogP contribution in [0, 0.1) is 6.92 Å². The van der Waals surface area contributed by atoms with Gasteiger partial charge in [0, 0.05) is 7.05 Å². The van der Waals surface area contributed by atoms with Crippen LogP contribution in [0.5, 0.6) is 0 Å². The first-order valence-corrected chi connectivity index (χ1v) is 9.50. The lowest BCUT2D eigenvalue weighted by Crippen LogP contribution is -2.29. The summed E-state index contributed by atoms with van der Waals surface area (Å²) in [6.07, 6.45) is 0. The maximum Gasteiger partial charge on any atom is 0.329 e. The third kappa shape index (κ3) is 3.59. The first-order chi connectivity index (χ1) is 13.9. The van der Waals surface area contributed by atoms with Crippen molar-refractivity contribution in [2.75, 3.05) is 5.32 Å². The quantitative estimate of drug-likeness (QED) is 0.550. The van der Waals surface area contributed by atoms with Gasteiger partial charge in [-0.05, 0) is 25.0 Å². The van der Waals surface area contributed by atoms with E-state index in [1.54, 1.807) is 7.05 Å². The van der Waals surface area contributed by atoms with E-state index >= 15 is 0 Å². The predicted molar refractivity (Wildman–Crippen MR) is 114 cm³/mol. The average Bonchev–Trinajstić information content (AvgIpc) is 3.05. The molecule has 0 bridgehead atoms. The summed E-state index contributed by atoms with van der Waals surface area (Å²) < 4.78 is 3.20. The zero-order valence-corrected chi connectivity index (χ0v) is 16.6. The van der Waals surface area contributed by atoms with E-state index in [0.717, 1.165) is 16.7 Å². The summed E-state index contributed by atoms with van der Waals surface area (Å²) in [4.78, 5) is 31.7. The molecule has 2 heterocycles. The summed E-state index contributed by atoms with van der Waals surface area (Å²) in [6, 6.07) is 18.1. The van der Waals surface area contributed by atoms with Gasteiger partial charge in [-0.3, -0.25) is 18.9 Å². The number of anilines is 1. The molecule has 4 aromatic rings. The Morgan fingerprint density at radius 3 is 2.59 bits per heavy atom. The average molecular weight is 389 g/mol. The SMILES string of the molecule is Cc1cccc(Cn2c(N[C@@H](C)c3ccccc3)nc3c2c(=O)[nH]c(=O)n3C)c1. The smallest absolute Gasteiger partial charge is 0.329 e. The number of benzene rings is 2. The molecule has 0 saturated carbocycles. The molecule has 2 N–H and O–H groups in total. The first-order valence-electron chi connectivity index (χ1n) is 9.50. The van der Waals surface area contributed by atoms with Crippen molar-refractivity contribution in [1.29, 1.82) is 0 Å². The van der Waals surface area contributed by atoms with Gasteiger partial charge in [-0.1, -0.05) is 60.2 Å². The zero-order valence-electron chi connectivity index (χ0n) is 16.6. The Bertz CT molecular complexity index is 1280. The second kappa shape index (κ2) is 7.43. The van der Waals surface area contributed by atoms with Gasteiger partial charge in [-0.25, -0.2) is 4.79 Å². The van der Waals surface area contributed by atoms with Crippen LogP contribution in [0.4, 0.5) is 5.95 Å². The summed E-state index contributed by atoms with van der Waals surface area (Å²) in [5.74, 6) is 0.546. The van der Waals surface area contributed by atoms with Crippen molar-refractivity contribution >= 4 is 17.1 Å². The van der Waals surface area contributed by atoms with Crippen molar-refractivity contribution in [3.05, 3.63) is 92.1 Å². The molecular formula is C22H23N5O2. The molecule has 29 heavy (non-hydrogen) atoms.